The Morgan fingerprint density at radius 3 is 0.750 bits per heavy atom. The average molecular weight is 202 g/mol. The molecule has 4 heteroatoms. The Morgan fingerprint density at radius 2 is 0.750 bits per heavy atom. The van der Waals surface area contributed by atoms with Gasteiger partial charge in [-0.3, -0.25) is 0 Å². The average Bonchev–Trinajstić information content (AvgIpc) is 0. The van der Waals surface area contributed by atoms with Gasteiger partial charge in [-0.05, 0) is 0 Å². The summed E-state index contributed by atoms with van der Waals surface area (Å²) < 4.78 is 0. The van der Waals surface area contributed by atoms with Gasteiger partial charge >= 0.3 is 42.9 Å². The van der Waals surface area contributed by atoms with Crippen LogP contribution >= 0.6 is 0 Å². The summed E-state index contributed by atoms with van der Waals surface area (Å²) in [6.07, 6.45) is 0. The van der Waals surface area contributed by atoms with Crippen molar-refractivity contribution in [2.75, 3.05) is 0 Å². The summed E-state index contributed by atoms with van der Waals surface area (Å²) in [5, 5.41) is 0. The van der Waals surface area contributed by atoms with E-state index in [1.165, 1.54) is 0 Å². The molecule has 0 spiro atoms. The van der Waals surface area contributed by atoms with Gasteiger partial charge in [0.05, 0.1) is 0 Å². The molecule has 0 rings (SSSR count). The molecule has 0 fully saturated rings. The molecule has 0 heterocycles. The fourth-order valence-electron chi connectivity index (χ4n) is 0. The van der Waals surface area contributed by atoms with Gasteiger partial charge in [-0.2, -0.15) is 0 Å². The zero-order valence-corrected chi connectivity index (χ0v) is 6.25. The van der Waals surface area contributed by atoms with Crippen LogP contribution in [0, 0.1) is 0 Å². The van der Waals surface area contributed by atoms with Crippen LogP contribution in [0.3, 0.4) is 0 Å². The summed E-state index contributed by atoms with van der Waals surface area (Å²) in [6.45, 7) is 0. The van der Waals surface area contributed by atoms with Crippen molar-refractivity contribution in [3.05, 3.63) is 0 Å². The summed E-state index contributed by atoms with van der Waals surface area (Å²) in [5.74, 6) is 0. The summed E-state index contributed by atoms with van der Waals surface area (Å²) in [6, 6.07) is 0. The van der Waals surface area contributed by atoms with Crippen molar-refractivity contribution in [2.24, 2.45) is 0 Å². The van der Waals surface area contributed by atoms with Crippen LogP contribution in [0.2, 0.25) is 0 Å². The van der Waals surface area contributed by atoms with E-state index >= 15 is 0 Å². The minimum atomic E-state index is 0. The second-order valence-electron chi connectivity index (χ2n) is 0. The first-order chi connectivity index (χ1) is 0. The van der Waals surface area contributed by atoms with Crippen LogP contribution in [0.4, 0.5) is 0 Å². The summed E-state index contributed by atoms with van der Waals surface area (Å²) in [7, 11) is 0. The predicted molar refractivity (Wildman–Crippen MR) is 7.13 cm³/mol. The van der Waals surface area contributed by atoms with Gasteiger partial charge in [0.15, 0.2) is 0 Å². The van der Waals surface area contributed by atoms with E-state index in [9.17, 15) is 0 Å². The van der Waals surface area contributed by atoms with Gasteiger partial charge in [0.1, 0.15) is 0 Å². The quantitative estimate of drug-likeness (QED) is 0.470. The molecule has 0 saturated carbocycles. The van der Waals surface area contributed by atoms with Gasteiger partial charge in [-0.15, -0.1) is 0 Å². The Labute approximate surface area is 53.8 Å². The van der Waals surface area contributed by atoms with Crippen LogP contribution in [-0.4, -0.2) is 25.8 Å². The molecule has 21 valence electrons. The Morgan fingerprint density at radius 1 is 0.750 bits per heavy atom. The first-order valence-electron chi connectivity index (χ1n) is 0. The van der Waals surface area contributed by atoms with Crippen molar-refractivity contribution < 1.29 is 28.0 Å². The largest absolute Gasteiger partial charge is 3.00 e. The molecule has 0 amide bonds. The van der Waals surface area contributed by atoms with Gasteiger partial charge < -0.3 is 11.0 Å². The van der Waals surface area contributed by atoms with Gasteiger partial charge in [-0.1, -0.05) is 0 Å². The van der Waals surface area contributed by atoms with Crippen LogP contribution in [0.1, 0.15) is 0 Å². The third-order valence-corrected chi connectivity index (χ3v) is 0. The first-order valence-corrected chi connectivity index (χ1v) is 0. The third kappa shape index (κ3) is 10.3. The smallest absolute Gasteiger partial charge is 2.00 e. The van der Waals surface area contributed by atoms with Crippen LogP contribution in [0.25, 0.3) is 0 Å². The van der Waals surface area contributed by atoms with E-state index in [1.54, 1.807) is 0 Å². The van der Waals surface area contributed by atoms with Gasteiger partial charge in [-0.25, -0.2) is 0 Å². The molecular formula is InMnO2+. The van der Waals surface area contributed by atoms with Crippen LogP contribution in [0.5, 0.6) is 0 Å². The van der Waals surface area contributed by atoms with E-state index in [2.05, 4.69) is 0 Å². The Hall–Kier alpha value is 1.31. The number of hydrogen-bond acceptors (Lipinski definition) is 0. The molecule has 0 atom stereocenters. The van der Waals surface area contributed by atoms with Crippen molar-refractivity contribution in [1.29, 1.82) is 0 Å². The monoisotopic (exact) mass is 202 g/mol. The van der Waals surface area contributed by atoms with Crippen molar-refractivity contribution >= 4 is 25.8 Å². The van der Waals surface area contributed by atoms with Crippen molar-refractivity contribution in [1.82, 2.24) is 0 Å². The van der Waals surface area contributed by atoms with Gasteiger partial charge in [0.2, 0.25) is 0 Å². The molecule has 0 unspecified atom stereocenters. The SMILES string of the molecule is [In+3].[Mn+2].[O-2].[O-2]. The zero-order valence-electron chi connectivity index (χ0n) is 1.77. The predicted octanol–water partition coefficient (Wildman–Crippen LogP) is -0.621. The second-order valence-corrected chi connectivity index (χ2v) is 0. The Kier molecular flexibility index (Phi) is 396. The molecule has 4 heavy (non-hydrogen) atoms. The van der Waals surface area contributed by atoms with E-state index in [0.29, 0.717) is 0 Å². The van der Waals surface area contributed by atoms with Crippen LogP contribution in [-0.2, 0) is 28.0 Å². The zero-order chi connectivity index (χ0) is 0. The maximum absolute atomic E-state index is 0. The molecule has 1 radical (unpaired) electrons. The number of hydrogen-bond donors (Lipinski definition) is 0. The molecule has 0 aliphatic heterocycles. The topological polar surface area (TPSA) is 57.0 Å². The Balaban J connectivity index is 0. The Bertz CT molecular complexity index is 6.00. The summed E-state index contributed by atoms with van der Waals surface area (Å²) in [5.41, 5.74) is 0. The maximum Gasteiger partial charge on any atom is 3.00 e. The van der Waals surface area contributed by atoms with Crippen LogP contribution < -0.4 is 0 Å². The van der Waals surface area contributed by atoms with E-state index in [4.69, 9.17) is 0 Å². The molecule has 0 saturated heterocycles. The van der Waals surface area contributed by atoms with Crippen molar-refractivity contribution in [3.8, 4) is 0 Å². The van der Waals surface area contributed by atoms with E-state index in [0.717, 1.165) is 0 Å². The molecule has 0 aromatic rings. The summed E-state index contributed by atoms with van der Waals surface area (Å²) >= 11 is 0. The molecule has 0 bridgehead atoms. The summed E-state index contributed by atoms with van der Waals surface area (Å²) in [4.78, 5) is 0. The molecule has 0 aromatic carbocycles. The van der Waals surface area contributed by atoms with Crippen molar-refractivity contribution in [3.63, 3.8) is 0 Å². The minimum absolute atomic E-state index is 0. The normalized spacial score (nSPS) is 0. The third-order valence-electron chi connectivity index (χ3n) is 0. The van der Waals surface area contributed by atoms with Crippen molar-refractivity contribution in [2.45, 2.75) is 0 Å². The number of rotatable bonds is 0. The minimum Gasteiger partial charge on any atom is -2.00 e. The molecular weight excluding hydrogens is 202 g/mol. The van der Waals surface area contributed by atoms with Crippen LogP contribution in [0.15, 0.2) is 0 Å². The molecule has 0 aliphatic rings. The van der Waals surface area contributed by atoms with Gasteiger partial charge in [0, 0.05) is 0 Å². The second kappa shape index (κ2) is 27.5. The van der Waals surface area contributed by atoms with E-state index in [1.807, 2.05) is 0 Å². The standard InChI is InChI=1S/In.Mn.2O/q+3;+2;2*-2. The first kappa shape index (κ1) is 57.5. The van der Waals surface area contributed by atoms with Gasteiger partial charge in [0.25, 0.3) is 0 Å². The van der Waals surface area contributed by atoms with E-state index in [-0.39, 0.29) is 53.9 Å². The molecule has 2 nitrogen and oxygen atoms in total. The fourth-order valence-corrected chi connectivity index (χ4v) is 0. The molecule has 0 aliphatic carbocycles. The fraction of sp³-hybridized carbons (Fsp3) is 0. The maximum atomic E-state index is 0. The molecule has 0 N–H and O–H groups in total. The van der Waals surface area contributed by atoms with E-state index < -0.39 is 0 Å². The molecule has 0 aromatic heterocycles.